The number of aryl methyl sites for hydroxylation is 1. The van der Waals surface area contributed by atoms with E-state index < -0.39 is 6.10 Å². The SMILES string of the molecule is CCn1ncc(Cl)c1C(O)Cc1cccc(Cl)c1. The normalized spacial score (nSPS) is 12.7. The molecule has 0 aliphatic rings. The van der Waals surface area contributed by atoms with Crippen molar-refractivity contribution in [3.63, 3.8) is 0 Å². The topological polar surface area (TPSA) is 38.0 Å². The maximum Gasteiger partial charge on any atom is 0.101 e. The van der Waals surface area contributed by atoms with Crippen molar-refractivity contribution in [1.29, 1.82) is 0 Å². The Labute approximate surface area is 116 Å². The van der Waals surface area contributed by atoms with Crippen molar-refractivity contribution in [1.82, 2.24) is 9.78 Å². The van der Waals surface area contributed by atoms with Crippen molar-refractivity contribution in [2.45, 2.75) is 26.0 Å². The van der Waals surface area contributed by atoms with Crippen LogP contribution in [0.25, 0.3) is 0 Å². The molecule has 0 saturated carbocycles. The molecule has 2 aromatic rings. The summed E-state index contributed by atoms with van der Waals surface area (Å²) in [5, 5.41) is 15.5. The summed E-state index contributed by atoms with van der Waals surface area (Å²) in [4.78, 5) is 0. The van der Waals surface area contributed by atoms with E-state index in [1.807, 2.05) is 25.1 Å². The van der Waals surface area contributed by atoms with Gasteiger partial charge < -0.3 is 5.11 Å². The zero-order valence-electron chi connectivity index (χ0n) is 9.98. The van der Waals surface area contributed by atoms with Crippen LogP contribution in [0.2, 0.25) is 10.0 Å². The second-order valence-corrected chi connectivity index (χ2v) is 4.89. The Kier molecular flexibility index (Phi) is 4.27. The van der Waals surface area contributed by atoms with Gasteiger partial charge in [0.05, 0.1) is 16.9 Å². The summed E-state index contributed by atoms with van der Waals surface area (Å²) in [6.07, 6.45) is 1.34. The van der Waals surface area contributed by atoms with Gasteiger partial charge in [-0.15, -0.1) is 0 Å². The Balaban J connectivity index is 2.21. The van der Waals surface area contributed by atoms with Gasteiger partial charge in [0.25, 0.3) is 0 Å². The van der Waals surface area contributed by atoms with E-state index in [4.69, 9.17) is 23.2 Å². The number of aliphatic hydroxyl groups excluding tert-OH is 1. The maximum absolute atomic E-state index is 10.3. The van der Waals surface area contributed by atoms with Crippen LogP contribution in [0.4, 0.5) is 0 Å². The molecule has 1 aromatic heterocycles. The number of halogens is 2. The van der Waals surface area contributed by atoms with E-state index in [9.17, 15) is 5.11 Å². The van der Waals surface area contributed by atoms with Gasteiger partial charge >= 0.3 is 0 Å². The van der Waals surface area contributed by atoms with Gasteiger partial charge in [-0.1, -0.05) is 35.3 Å². The van der Waals surface area contributed by atoms with E-state index in [1.54, 1.807) is 16.9 Å². The Morgan fingerprint density at radius 2 is 2.17 bits per heavy atom. The van der Waals surface area contributed by atoms with Crippen molar-refractivity contribution in [2.24, 2.45) is 0 Å². The van der Waals surface area contributed by atoms with Crippen LogP contribution in [0.1, 0.15) is 24.3 Å². The third-order valence-corrected chi connectivity index (χ3v) is 3.29. The largest absolute Gasteiger partial charge is 0.386 e. The Morgan fingerprint density at radius 1 is 1.39 bits per heavy atom. The second kappa shape index (κ2) is 5.74. The molecular weight excluding hydrogens is 271 g/mol. The van der Waals surface area contributed by atoms with Crippen molar-refractivity contribution in [2.75, 3.05) is 0 Å². The lowest BCUT2D eigenvalue weighted by Crippen LogP contribution is -2.10. The van der Waals surface area contributed by atoms with E-state index in [0.717, 1.165) is 5.56 Å². The summed E-state index contributed by atoms with van der Waals surface area (Å²) >= 11 is 12.0. The predicted octanol–water partition coefficient (Wildman–Crippen LogP) is 3.49. The minimum Gasteiger partial charge on any atom is -0.386 e. The number of aromatic nitrogens is 2. The highest BCUT2D eigenvalue weighted by Gasteiger charge is 2.17. The van der Waals surface area contributed by atoms with Crippen LogP contribution < -0.4 is 0 Å². The highest BCUT2D eigenvalue weighted by atomic mass is 35.5. The Bertz CT molecular complexity index is 540. The Hall–Kier alpha value is -1.03. The van der Waals surface area contributed by atoms with Crippen molar-refractivity contribution < 1.29 is 5.11 Å². The number of rotatable bonds is 4. The van der Waals surface area contributed by atoms with Gasteiger partial charge in [0.1, 0.15) is 6.10 Å². The lowest BCUT2D eigenvalue weighted by Gasteiger charge is -2.13. The summed E-state index contributed by atoms with van der Waals surface area (Å²) in [6, 6.07) is 7.44. The molecule has 0 saturated heterocycles. The molecule has 5 heteroatoms. The smallest absolute Gasteiger partial charge is 0.101 e. The van der Waals surface area contributed by atoms with Gasteiger partial charge in [-0.3, -0.25) is 4.68 Å². The molecule has 1 aromatic carbocycles. The molecule has 0 aliphatic carbocycles. The molecule has 0 amide bonds. The Morgan fingerprint density at radius 3 is 2.83 bits per heavy atom. The first kappa shape index (κ1) is 13.4. The maximum atomic E-state index is 10.3. The molecule has 1 N–H and O–H groups in total. The van der Waals surface area contributed by atoms with Crippen molar-refractivity contribution >= 4 is 23.2 Å². The molecule has 0 fully saturated rings. The number of benzene rings is 1. The first-order valence-electron chi connectivity index (χ1n) is 5.75. The van der Waals surface area contributed by atoms with Gasteiger partial charge in [-0.25, -0.2) is 0 Å². The zero-order chi connectivity index (χ0) is 13.1. The molecule has 18 heavy (non-hydrogen) atoms. The highest BCUT2D eigenvalue weighted by Crippen LogP contribution is 2.26. The molecule has 0 bridgehead atoms. The van der Waals surface area contributed by atoms with Crippen LogP contribution >= 0.6 is 23.2 Å². The summed E-state index contributed by atoms with van der Waals surface area (Å²) < 4.78 is 1.71. The number of nitrogens with zero attached hydrogens (tertiary/aromatic N) is 2. The molecule has 1 heterocycles. The van der Waals surface area contributed by atoms with Crippen LogP contribution in [-0.2, 0) is 13.0 Å². The van der Waals surface area contributed by atoms with E-state index >= 15 is 0 Å². The number of aliphatic hydroxyl groups is 1. The molecule has 0 aliphatic heterocycles. The standard InChI is InChI=1S/C13H14Cl2N2O/c1-2-17-13(11(15)8-16-17)12(18)7-9-4-3-5-10(14)6-9/h3-6,8,12,18H,2,7H2,1H3. The first-order valence-corrected chi connectivity index (χ1v) is 6.51. The average Bonchev–Trinajstić information content (AvgIpc) is 2.70. The summed E-state index contributed by atoms with van der Waals surface area (Å²) in [6.45, 7) is 2.63. The minimum absolute atomic E-state index is 0.464. The van der Waals surface area contributed by atoms with Crippen LogP contribution in [0.5, 0.6) is 0 Å². The fraction of sp³-hybridized carbons (Fsp3) is 0.308. The zero-order valence-corrected chi connectivity index (χ0v) is 11.5. The second-order valence-electron chi connectivity index (χ2n) is 4.04. The van der Waals surface area contributed by atoms with Crippen LogP contribution in [-0.4, -0.2) is 14.9 Å². The minimum atomic E-state index is -0.682. The van der Waals surface area contributed by atoms with Crippen molar-refractivity contribution in [3.8, 4) is 0 Å². The molecule has 96 valence electrons. The molecular formula is C13H14Cl2N2O. The third-order valence-electron chi connectivity index (χ3n) is 2.77. The quantitative estimate of drug-likeness (QED) is 0.933. The van der Waals surface area contributed by atoms with Gasteiger partial charge in [-0.2, -0.15) is 5.10 Å². The lowest BCUT2D eigenvalue weighted by atomic mass is 10.1. The van der Waals surface area contributed by atoms with E-state index in [-0.39, 0.29) is 0 Å². The van der Waals surface area contributed by atoms with E-state index in [0.29, 0.717) is 28.7 Å². The number of hydrogen-bond donors (Lipinski definition) is 1. The summed E-state index contributed by atoms with van der Waals surface area (Å²) in [7, 11) is 0. The predicted molar refractivity (Wildman–Crippen MR) is 73.0 cm³/mol. The van der Waals surface area contributed by atoms with Crippen molar-refractivity contribution in [3.05, 3.63) is 51.8 Å². The average molecular weight is 285 g/mol. The van der Waals surface area contributed by atoms with Gasteiger partial charge in [-0.05, 0) is 24.6 Å². The third kappa shape index (κ3) is 2.86. The molecule has 2 rings (SSSR count). The number of hydrogen-bond acceptors (Lipinski definition) is 2. The lowest BCUT2D eigenvalue weighted by molar-refractivity contribution is 0.167. The van der Waals surface area contributed by atoms with E-state index in [2.05, 4.69) is 5.10 Å². The van der Waals surface area contributed by atoms with Crippen LogP contribution in [0.15, 0.2) is 30.5 Å². The molecule has 0 spiro atoms. The first-order chi connectivity index (χ1) is 8.61. The summed E-state index contributed by atoms with van der Waals surface area (Å²) in [5.41, 5.74) is 1.62. The molecule has 1 atom stereocenters. The molecule has 1 unspecified atom stereocenters. The molecule has 0 radical (unpaired) electrons. The summed E-state index contributed by atoms with van der Waals surface area (Å²) in [5.74, 6) is 0. The monoisotopic (exact) mass is 284 g/mol. The van der Waals surface area contributed by atoms with Gasteiger partial charge in [0, 0.05) is 18.0 Å². The van der Waals surface area contributed by atoms with Crippen LogP contribution in [0, 0.1) is 0 Å². The fourth-order valence-corrected chi connectivity index (χ4v) is 2.42. The van der Waals surface area contributed by atoms with E-state index in [1.165, 1.54) is 0 Å². The van der Waals surface area contributed by atoms with Crippen LogP contribution in [0.3, 0.4) is 0 Å². The van der Waals surface area contributed by atoms with Gasteiger partial charge in [0.15, 0.2) is 0 Å². The fourth-order valence-electron chi connectivity index (χ4n) is 1.94. The molecule has 3 nitrogen and oxygen atoms in total. The highest BCUT2D eigenvalue weighted by molar-refractivity contribution is 6.31. The van der Waals surface area contributed by atoms with Gasteiger partial charge in [0.2, 0.25) is 0 Å².